The highest BCUT2D eigenvalue weighted by Crippen LogP contribution is 2.55. The number of phenols is 1. The SMILES string of the molecule is COC12C(CO)C3=C(C(=O)C(C)=C(NCCc4ccc(OC(N)=O)c(O)c4)C3=O)N1CC1NC12. The summed E-state index contributed by atoms with van der Waals surface area (Å²) in [6.07, 6.45) is -0.613. The molecule has 2 fully saturated rings. The van der Waals surface area contributed by atoms with Gasteiger partial charge in [-0.1, -0.05) is 6.07 Å². The van der Waals surface area contributed by atoms with Crippen molar-refractivity contribution in [3.8, 4) is 11.5 Å². The Morgan fingerprint density at radius 2 is 2.12 bits per heavy atom. The highest BCUT2D eigenvalue weighted by molar-refractivity contribution is 6.25. The van der Waals surface area contributed by atoms with Crippen molar-refractivity contribution < 1.29 is 34.1 Å². The highest BCUT2D eigenvalue weighted by atomic mass is 16.6. The number of primary amides is 1. The van der Waals surface area contributed by atoms with Crippen molar-refractivity contribution in [3.63, 3.8) is 0 Å². The average Bonchev–Trinajstić information content (AvgIpc) is 3.41. The molecule has 5 rings (SSSR count). The first-order valence-electron chi connectivity index (χ1n) is 11.0. The van der Waals surface area contributed by atoms with Crippen LogP contribution in [0, 0.1) is 5.92 Å². The third-order valence-corrected chi connectivity index (χ3v) is 7.17. The Balaban J connectivity index is 1.34. The van der Waals surface area contributed by atoms with E-state index in [1.54, 1.807) is 20.1 Å². The summed E-state index contributed by atoms with van der Waals surface area (Å²) >= 11 is 0. The molecule has 4 aliphatic rings. The standard InChI is InChI=1S/C23H26N4O7/c1-10-17(25-6-5-11-3-4-15(14(29)7-11)34-22(24)32)20(31)16-12(9-28)23(33-2)21-13(26-21)8-27(23)18(16)19(10)30/h3-4,7,12-13,21,25-26,28-29H,5-6,8-9H2,1-2H3,(H2,24,32). The molecule has 0 aromatic heterocycles. The number of ketones is 2. The van der Waals surface area contributed by atoms with Gasteiger partial charge < -0.3 is 41.0 Å². The molecule has 1 aliphatic carbocycles. The highest BCUT2D eigenvalue weighted by Gasteiger charge is 2.72. The van der Waals surface area contributed by atoms with Gasteiger partial charge in [0, 0.05) is 37.4 Å². The number of methoxy groups -OCH3 is 1. The van der Waals surface area contributed by atoms with Crippen molar-refractivity contribution in [1.29, 1.82) is 0 Å². The normalized spacial score (nSPS) is 29.3. The van der Waals surface area contributed by atoms with Crippen molar-refractivity contribution in [2.45, 2.75) is 31.2 Å². The number of ether oxygens (including phenoxy) is 2. The van der Waals surface area contributed by atoms with Crippen molar-refractivity contribution in [2.24, 2.45) is 11.7 Å². The third kappa shape index (κ3) is 3.04. The summed E-state index contributed by atoms with van der Waals surface area (Å²) in [5, 5.41) is 26.6. The van der Waals surface area contributed by atoms with Crippen LogP contribution in [0.5, 0.6) is 11.5 Å². The number of rotatable bonds is 7. The number of aliphatic hydroxyl groups excluding tert-OH is 1. The number of Topliss-reactive ketones (excluding diaryl/α,β-unsaturated/α-hetero) is 2. The summed E-state index contributed by atoms with van der Waals surface area (Å²) < 4.78 is 10.6. The van der Waals surface area contributed by atoms with E-state index >= 15 is 0 Å². The van der Waals surface area contributed by atoms with Crippen molar-refractivity contribution in [1.82, 2.24) is 15.5 Å². The van der Waals surface area contributed by atoms with E-state index in [4.69, 9.17) is 15.2 Å². The number of amides is 1. The predicted molar refractivity (Wildman–Crippen MR) is 117 cm³/mol. The Bertz CT molecular complexity index is 1180. The zero-order chi connectivity index (χ0) is 24.4. The lowest BCUT2D eigenvalue weighted by molar-refractivity contribution is -0.137. The van der Waals surface area contributed by atoms with Gasteiger partial charge in [-0.2, -0.15) is 0 Å². The topological polar surface area (TPSA) is 173 Å². The number of allylic oxidation sites excluding steroid dienone is 2. The van der Waals surface area contributed by atoms with E-state index in [9.17, 15) is 24.6 Å². The molecule has 34 heavy (non-hydrogen) atoms. The fraction of sp³-hybridized carbons (Fsp3) is 0.435. The molecule has 1 aromatic carbocycles. The number of piperazine rings is 1. The maximum atomic E-state index is 13.5. The Morgan fingerprint density at radius 3 is 2.76 bits per heavy atom. The lowest BCUT2D eigenvalue weighted by atomic mass is 9.82. The first kappa shape index (κ1) is 22.4. The summed E-state index contributed by atoms with van der Waals surface area (Å²) in [7, 11) is 1.54. The van der Waals surface area contributed by atoms with Crippen LogP contribution in [-0.2, 0) is 20.7 Å². The van der Waals surface area contributed by atoms with Crippen LogP contribution >= 0.6 is 0 Å². The van der Waals surface area contributed by atoms with E-state index in [-0.39, 0.29) is 47.5 Å². The van der Waals surface area contributed by atoms with Crippen LogP contribution in [-0.4, -0.2) is 77.4 Å². The van der Waals surface area contributed by atoms with Crippen molar-refractivity contribution in [2.75, 3.05) is 26.8 Å². The van der Waals surface area contributed by atoms with Crippen LogP contribution in [0.15, 0.2) is 40.7 Å². The van der Waals surface area contributed by atoms with E-state index in [0.717, 1.165) is 0 Å². The molecule has 6 N–H and O–H groups in total. The second-order valence-electron chi connectivity index (χ2n) is 8.87. The van der Waals surface area contributed by atoms with Gasteiger partial charge in [-0.05, 0) is 31.0 Å². The lowest BCUT2D eigenvalue weighted by Crippen LogP contribution is -2.54. The maximum absolute atomic E-state index is 13.5. The minimum atomic E-state index is -1.03. The summed E-state index contributed by atoms with van der Waals surface area (Å²) in [6, 6.07) is 4.64. The number of hydrogen-bond donors (Lipinski definition) is 5. The van der Waals surface area contributed by atoms with Crippen molar-refractivity contribution in [3.05, 3.63) is 46.3 Å². The van der Waals surface area contributed by atoms with Crippen LogP contribution in [0.1, 0.15) is 12.5 Å². The van der Waals surface area contributed by atoms with Crippen molar-refractivity contribution >= 4 is 17.7 Å². The lowest BCUT2D eigenvalue weighted by Gasteiger charge is -2.39. The minimum absolute atomic E-state index is 0.0493. The molecule has 11 heteroatoms. The van der Waals surface area contributed by atoms with E-state index in [1.165, 1.54) is 12.1 Å². The molecule has 0 bridgehead atoms. The number of benzene rings is 1. The number of aliphatic hydroxyl groups is 1. The van der Waals surface area contributed by atoms with Gasteiger partial charge in [0.15, 0.2) is 17.2 Å². The van der Waals surface area contributed by atoms with Crippen LogP contribution in [0.2, 0.25) is 0 Å². The van der Waals surface area contributed by atoms with Gasteiger partial charge >= 0.3 is 6.09 Å². The van der Waals surface area contributed by atoms with Gasteiger partial charge in [0.2, 0.25) is 11.6 Å². The molecule has 1 aromatic rings. The number of nitrogens with two attached hydrogens (primary N) is 1. The molecule has 4 atom stereocenters. The molecular weight excluding hydrogens is 444 g/mol. The van der Waals surface area contributed by atoms with Gasteiger partial charge in [0.05, 0.1) is 30.0 Å². The number of hydrogen-bond acceptors (Lipinski definition) is 10. The quantitative estimate of drug-likeness (QED) is 0.253. The maximum Gasteiger partial charge on any atom is 0.410 e. The molecule has 2 saturated heterocycles. The van der Waals surface area contributed by atoms with E-state index < -0.39 is 17.7 Å². The van der Waals surface area contributed by atoms with Crippen LogP contribution in [0.4, 0.5) is 4.79 Å². The monoisotopic (exact) mass is 470 g/mol. The second-order valence-corrected chi connectivity index (χ2v) is 8.87. The zero-order valence-electron chi connectivity index (χ0n) is 18.8. The first-order chi connectivity index (χ1) is 16.2. The summed E-state index contributed by atoms with van der Waals surface area (Å²) in [6.45, 7) is 2.14. The number of nitrogens with zero attached hydrogens (tertiary/aromatic N) is 1. The van der Waals surface area contributed by atoms with E-state index in [2.05, 4.69) is 10.6 Å². The average molecular weight is 470 g/mol. The van der Waals surface area contributed by atoms with Gasteiger partial charge in [-0.3, -0.25) is 9.59 Å². The van der Waals surface area contributed by atoms with E-state index in [1.807, 2.05) is 4.90 Å². The van der Waals surface area contributed by atoms with Crippen LogP contribution < -0.4 is 21.1 Å². The summed E-state index contributed by atoms with van der Waals surface area (Å²) in [5.74, 6) is -1.50. The Morgan fingerprint density at radius 1 is 1.35 bits per heavy atom. The molecule has 0 spiro atoms. The van der Waals surface area contributed by atoms with Gasteiger partial charge in [0.25, 0.3) is 0 Å². The minimum Gasteiger partial charge on any atom is -0.504 e. The molecule has 1 amide bonds. The number of nitrogens with one attached hydrogen (secondary N) is 2. The van der Waals surface area contributed by atoms with Gasteiger partial charge in [-0.15, -0.1) is 0 Å². The smallest absolute Gasteiger partial charge is 0.410 e. The first-order valence-corrected chi connectivity index (χ1v) is 11.0. The number of carbonyl (C=O) groups excluding carboxylic acids is 3. The Kier molecular flexibility index (Phi) is 5.15. The molecule has 4 unspecified atom stereocenters. The molecule has 3 aliphatic heterocycles. The predicted octanol–water partition coefficient (Wildman–Crippen LogP) is -0.717. The number of aromatic hydroxyl groups is 1. The van der Waals surface area contributed by atoms with Gasteiger partial charge in [0.1, 0.15) is 0 Å². The number of phenolic OH excluding ortho intramolecular Hbond substituents is 1. The fourth-order valence-electron chi connectivity index (χ4n) is 5.60. The molecule has 3 heterocycles. The molecule has 11 nitrogen and oxygen atoms in total. The number of fused-ring (bicyclic) bond motifs is 4. The summed E-state index contributed by atoms with van der Waals surface area (Å²) in [4.78, 5) is 39.6. The molecule has 180 valence electrons. The van der Waals surface area contributed by atoms with Gasteiger partial charge in [-0.25, -0.2) is 4.79 Å². The zero-order valence-corrected chi connectivity index (χ0v) is 18.8. The Hall–Kier alpha value is -3.41. The Labute approximate surface area is 195 Å². The molecular formula is C23H26N4O7. The summed E-state index contributed by atoms with van der Waals surface area (Å²) in [5.41, 5.74) is 5.87. The van der Waals surface area contributed by atoms with Crippen LogP contribution in [0.3, 0.4) is 0 Å². The van der Waals surface area contributed by atoms with Crippen LogP contribution in [0.25, 0.3) is 0 Å². The van der Waals surface area contributed by atoms with E-state index in [0.29, 0.717) is 41.9 Å². The second kappa shape index (κ2) is 7.83. The number of carbonyl (C=O) groups is 3. The fourth-order valence-corrected chi connectivity index (χ4v) is 5.60. The largest absolute Gasteiger partial charge is 0.504 e. The molecule has 0 saturated carbocycles. The third-order valence-electron chi connectivity index (χ3n) is 7.17. The molecule has 0 radical (unpaired) electrons.